The number of carbonyl (C=O) groups is 3. The van der Waals surface area contributed by atoms with Crippen LogP contribution in [0.2, 0.25) is 0 Å². The molecule has 0 aliphatic heterocycles. The van der Waals surface area contributed by atoms with E-state index in [0.717, 1.165) is 4.90 Å². The Morgan fingerprint density at radius 1 is 1.06 bits per heavy atom. The summed E-state index contributed by atoms with van der Waals surface area (Å²) < 4.78 is 34.0. The molecule has 184 valence electrons. The van der Waals surface area contributed by atoms with Gasteiger partial charge in [0, 0.05) is 12.0 Å². The van der Waals surface area contributed by atoms with Gasteiger partial charge in [-0.3, -0.25) is 9.69 Å². The van der Waals surface area contributed by atoms with Crippen LogP contribution in [0.4, 0.5) is 4.79 Å². The van der Waals surface area contributed by atoms with Crippen molar-refractivity contribution in [3.8, 4) is 0 Å². The number of nitrogens with two attached hydrogens (primary N) is 1. The topological polar surface area (TPSA) is 133 Å². The van der Waals surface area contributed by atoms with Crippen LogP contribution >= 0.6 is 0 Å². The number of hydrogen-bond acceptors (Lipinski definition) is 8. The first-order valence-corrected chi connectivity index (χ1v) is 11.9. The van der Waals surface area contributed by atoms with E-state index in [1.807, 2.05) is 0 Å². The molecular formula is C23H34N2O7S. The SMILES string of the molecule is C=C(COC(=O)N([C@@H](Cc1ccccc1)C(=O)OC(=O)CN)C(C)(C)C)S(=O)(=O)C(C)(C)C. The van der Waals surface area contributed by atoms with Crippen molar-refractivity contribution in [2.24, 2.45) is 5.73 Å². The number of nitrogens with zero attached hydrogens (tertiary/aromatic N) is 1. The Morgan fingerprint density at radius 2 is 1.61 bits per heavy atom. The second-order valence-electron chi connectivity index (χ2n) is 9.45. The monoisotopic (exact) mass is 482 g/mol. The van der Waals surface area contributed by atoms with Crippen LogP contribution in [0.5, 0.6) is 0 Å². The molecule has 0 unspecified atom stereocenters. The zero-order chi connectivity index (χ0) is 25.6. The normalized spacial score (nSPS) is 13.1. The van der Waals surface area contributed by atoms with Gasteiger partial charge in [0.25, 0.3) is 0 Å². The molecule has 2 N–H and O–H groups in total. The van der Waals surface area contributed by atoms with E-state index in [1.54, 1.807) is 51.1 Å². The van der Waals surface area contributed by atoms with Crippen LogP contribution in [-0.4, -0.2) is 60.8 Å². The molecule has 0 aliphatic rings. The lowest BCUT2D eigenvalue weighted by Gasteiger charge is -2.39. The fraction of sp³-hybridized carbons (Fsp3) is 0.522. The summed E-state index contributed by atoms with van der Waals surface area (Å²) in [7, 11) is -3.78. The predicted molar refractivity (Wildman–Crippen MR) is 125 cm³/mol. The standard InChI is InChI=1S/C23H34N2O7S/c1-16(33(29,30)23(5,6)7)15-31-21(28)25(22(2,3)4)18(20(27)32-19(26)14-24)13-17-11-9-8-10-12-17/h8-12,18H,1,13-15,24H2,2-7H3/t18-/m0/s1. The fourth-order valence-corrected chi connectivity index (χ4v) is 4.01. The number of ether oxygens (including phenoxy) is 2. The maximum absolute atomic E-state index is 13.1. The summed E-state index contributed by atoms with van der Waals surface area (Å²) in [5, 5.41) is 0. The Balaban J connectivity index is 3.26. The molecule has 1 rings (SSSR count). The van der Waals surface area contributed by atoms with E-state index in [2.05, 4.69) is 6.58 Å². The summed E-state index contributed by atoms with van der Waals surface area (Å²) in [6.45, 7) is 12.0. The van der Waals surface area contributed by atoms with Crippen molar-refractivity contribution in [3.05, 3.63) is 47.4 Å². The van der Waals surface area contributed by atoms with E-state index in [1.165, 1.54) is 20.8 Å². The largest absolute Gasteiger partial charge is 0.444 e. The van der Waals surface area contributed by atoms with E-state index in [4.69, 9.17) is 15.2 Å². The van der Waals surface area contributed by atoms with Gasteiger partial charge >= 0.3 is 18.0 Å². The first-order valence-electron chi connectivity index (χ1n) is 10.4. The number of esters is 2. The molecule has 0 heterocycles. The van der Waals surface area contributed by atoms with Crippen LogP contribution in [0.1, 0.15) is 47.1 Å². The molecule has 0 spiro atoms. The van der Waals surface area contributed by atoms with Gasteiger partial charge in [-0.25, -0.2) is 18.0 Å². The summed E-state index contributed by atoms with van der Waals surface area (Å²) >= 11 is 0. The number of rotatable bonds is 8. The highest BCUT2D eigenvalue weighted by Gasteiger charge is 2.41. The van der Waals surface area contributed by atoms with Crippen molar-refractivity contribution < 1.29 is 32.3 Å². The minimum absolute atomic E-state index is 0.0329. The maximum atomic E-state index is 13.1. The highest BCUT2D eigenvalue weighted by atomic mass is 32.2. The molecule has 0 aromatic heterocycles. The van der Waals surface area contributed by atoms with Crippen LogP contribution in [0.15, 0.2) is 41.8 Å². The fourth-order valence-electron chi connectivity index (χ4n) is 2.93. The second-order valence-corrected chi connectivity index (χ2v) is 12.3. The molecule has 10 heteroatoms. The molecule has 0 bridgehead atoms. The Morgan fingerprint density at radius 3 is 2.06 bits per heavy atom. The Kier molecular flexibility index (Phi) is 9.38. The lowest BCUT2D eigenvalue weighted by molar-refractivity contribution is -0.163. The molecule has 0 saturated carbocycles. The predicted octanol–water partition coefficient (Wildman–Crippen LogP) is 2.59. The molecule has 0 fully saturated rings. The van der Waals surface area contributed by atoms with Gasteiger partial charge in [-0.05, 0) is 47.1 Å². The van der Waals surface area contributed by atoms with Crippen molar-refractivity contribution in [2.75, 3.05) is 13.2 Å². The molecule has 9 nitrogen and oxygen atoms in total. The third kappa shape index (κ3) is 7.68. The summed E-state index contributed by atoms with van der Waals surface area (Å²) in [5.74, 6) is -1.91. The molecule has 1 aromatic rings. The third-order valence-electron chi connectivity index (χ3n) is 4.70. The van der Waals surface area contributed by atoms with Gasteiger partial charge in [-0.2, -0.15) is 0 Å². The maximum Gasteiger partial charge on any atom is 0.411 e. The number of benzene rings is 1. The molecule has 0 saturated heterocycles. The quantitative estimate of drug-likeness (QED) is 0.441. The van der Waals surface area contributed by atoms with Gasteiger partial charge in [0.1, 0.15) is 12.6 Å². The number of amides is 1. The summed E-state index contributed by atoms with van der Waals surface area (Å²) in [5.41, 5.74) is 5.01. The van der Waals surface area contributed by atoms with Crippen molar-refractivity contribution in [2.45, 2.75) is 64.3 Å². The van der Waals surface area contributed by atoms with Gasteiger partial charge in [-0.15, -0.1) is 0 Å². The first kappa shape index (κ1) is 28.3. The van der Waals surface area contributed by atoms with Crippen LogP contribution in [0, 0.1) is 0 Å². The zero-order valence-electron chi connectivity index (χ0n) is 20.1. The molecule has 1 atom stereocenters. The smallest absolute Gasteiger partial charge is 0.411 e. The van der Waals surface area contributed by atoms with Gasteiger partial charge in [0.05, 0.1) is 16.2 Å². The van der Waals surface area contributed by atoms with Gasteiger partial charge < -0.3 is 15.2 Å². The first-order chi connectivity index (χ1) is 15.0. The molecule has 0 radical (unpaired) electrons. The van der Waals surface area contributed by atoms with Crippen molar-refractivity contribution in [3.63, 3.8) is 0 Å². The average Bonchev–Trinajstić information content (AvgIpc) is 2.70. The molecule has 1 amide bonds. The van der Waals surface area contributed by atoms with Crippen LogP contribution in [0.25, 0.3) is 0 Å². The Bertz CT molecular complexity index is 974. The van der Waals surface area contributed by atoms with E-state index in [9.17, 15) is 22.8 Å². The van der Waals surface area contributed by atoms with Crippen LogP contribution < -0.4 is 5.73 Å². The minimum atomic E-state index is -3.78. The number of hydrogen-bond donors (Lipinski definition) is 1. The van der Waals surface area contributed by atoms with E-state index in [-0.39, 0.29) is 11.3 Å². The molecule has 33 heavy (non-hydrogen) atoms. The van der Waals surface area contributed by atoms with E-state index < -0.39 is 57.3 Å². The Labute approximate surface area is 195 Å². The highest BCUT2D eigenvalue weighted by molar-refractivity contribution is 7.96. The van der Waals surface area contributed by atoms with Gasteiger partial charge in [0.2, 0.25) is 0 Å². The van der Waals surface area contributed by atoms with Gasteiger partial charge in [-0.1, -0.05) is 36.9 Å². The summed E-state index contributed by atoms with van der Waals surface area (Å²) in [4.78, 5) is 38.5. The van der Waals surface area contributed by atoms with Crippen molar-refractivity contribution in [1.29, 1.82) is 0 Å². The second kappa shape index (κ2) is 10.9. The summed E-state index contributed by atoms with van der Waals surface area (Å²) in [6.07, 6.45) is -0.920. The molecule has 0 aliphatic carbocycles. The lowest BCUT2D eigenvalue weighted by Crippen LogP contribution is -2.56. The lowest BCUT2D eigenvalue weighted by atomic mass is 9.98. The average molecular weight is 483 g/mol. The van der Waals surface area contributed by atoms with Crippen LogP contribution in [0.3, 0.4) is 0 Å². The molecular weight excluding hydrogens is 448 g/mol. The molecule has 1 aromatic carbocycles. The number of carbonyl (C=O) groups excluding carboxylic acids is 3. The zero-order valence-corrected chi connectivity index (χ0v) is 20.9. The highest BCUT2D eigenvalue weighted by Crippen LogP contribution is 2.25. The summed E-state index contributed by atoms with van der Waals surface area (Å²) in [6, 6.07) is 7.62. The minimum Gasteiger partial charge on any atom is -0.444 e. The van der Waals surface area contributed by atoms with Crippen LogP contribution in [-0.2, 0) is 35.3 Å². The number of sulfone groups is 1. The van der Waals surface area contributed by atoms with Crippen molar-refractivity contribution in [1.82, 2.24) is 4.90 Å². The van der Waals surface area contributed by atoms with Crippen molar-refractivity contribution >= 4 is 27.9 Å². The Hall–Kier alpha value is -2.72. The van der Waals surface area contributed by atoms with E-state index >= 15 is 0 Å². The van der Waals surface area contributed by atoms with Gasteiger partial charge in [0.15, 0.2) is 9.84 Å². The third-order valence-corrected chi connectivity index (χ3v) is 7.19. The van der Waals surface area contributed by atoms with E-state index in [0.29, 0.717) is 5.56 Å².